The lowest BCUT2D eigenvalue weighted by Crippen LogP contribution is -2.46. The second-order valence-corrected chi connectivity index (χ2v) is 7.80. The molecule has 1 N–H and O–H groups in total. The van der Waals surface area contributed by atoms with Gasteiger partial charge in [-0.3, -0.25) is 10.1 Å². The number of imidazole rings is 1. The number of carbonyl (C=O) groups excluding carboxylic acids is 1. The Balaban J connectivity index is 1.39. The highest BCUT2D eigenvalue weighted by Gasteiger charge is 2.32. The molecule has 1 amide bonds. The Morgan fingerprint density at radius 3 is 2.84 bits per heavy atom. The van der Waals surface area contributed by atoms with Crippen molar-refractivity contribution in [2.24, 2.45) is 0 Å². The molecule has 2 aromatic heterocycles. The fourth-order valence-electron chi connectivity index (χ4n) is 3.47. The number of halogens is 2. The van der Waals surface area contributed by atoms with Gasteiger partial charge in [-0.05, 0) is 31.5 Å². The lowest BCUT2D eigenvalue weighted by molar-refractivity contribution is -0.120. The van der Waals surface area contributed by atoms with E-state index in [0.717, 1.165) is 6.07 Å². The zero-order valence-electron chi connectivity index (χ0n) is 17.5. The summed E-state index contributed by atoms with van der Waals surface area (Å²) in [6.07, 6.45) is 5.05. The number of benzene rings is 1. The lowest BCUT2D eigenvalue weighted by atomic mass is 10.2. The molecule has 1 aliphatic heterocycles. The predicted octanol–water partition coefficient (Wildman–Crippen LogP) is 2.50. The second-order valence-electron chi connectivity index (χ2n) is 7.80. The van der Waals surface area contributed by atoms with E-state index in [-0.39, 0.29) is 18.6 Å². The first-order valence-electron chi connectivity index (χ1n) is 9.99. The summed E-state index contributed by atoms with van der Waals surface area (Å²) in [6, 6.07) is 3.36. The summed E-state index contributed by atoms with van der Waals surface area (Å²) in [5.41, 5.74) is 1.98. The van der Waals surface area contributed by atoms with E-state index in [4.69, 9.17) is 4.74 Å². The Bertz CT molecular complexity index is 1090. The summed E-state index contributed by atoms with van der Waals surface area (Å²) in [5, 5.41) is 7.50. The van der Waals surface area contributed by atoms with Gasteiger partial charge in [0.1, 0.15) is 18.3 Å². The van der Waals surface area contributed by atoms with E-state index >= 15 is 0 Å². The number of fused-ring (bicyclic) bond motifs is 1. The van der Waals surface area contributed by atoms with Crippen molar-refractivity contribution in [1.29, 1.82) is 0 Å². The van der Waals surface area contributed by atoms with Crippen LogP contribution >= 0.6 is 0 Å². The SMILES string of the molecule is CC(C)n1ncc2c1OC[C@H](NCc1cn(Cc3ccc(F)c(F)c3)cn1)C(=O)N2C. The molecule has 3 heterocycles. The number of nitrogens with one attached hydrogen (secondary N) is 1. The van der Waals surface area contributed by atoms with Crippen molar-refractivity contribution in [1.82, 2.24) is 24.6 Å². The van der Waals surface area contributed by atoms with E-state index in [1.807, 2.05) is 13.8 Å². The molecule has 10 heteroatoms. The normalized spacial score (nSPS) is 16.4. The van der Waals surface area contributed by atoms with Gasteiger partial charge in [0.05, 0.1) is 24.3 Å². The third kappa shape index (κ3) is 4.29. The van der Waals surface area contributed by atoms with Gasteiger partial charge >= 0.3 is 0 Å². The summed E-state index contributed by atoms with van der Waals surface area (Å²) in [6.45, 7) is 4.88. The maximum Gasteiger partial charge on any atom is 0.247 e. The Morgan fingerprint density at radius 2 is 2.10 bits per heavy atom. The van der Waals surface area contributed by atoms with Crippen LogP contribution in [0.2, 0.25) is 0 Å². The van der Waals surface area contributed by atoms with Crippen LogP contribution in [-0.4, -0.2) is 44.9 Å². The van der Waals surface area contributed by atoms with Crippen LogP contribution in [0.1, 0.15) is 31.1 Å². The first kappa shape index (κ1) is 21.0. The topological polar surface area (TPSA) is 77.2 Å². The monoisotopic (exact) mass is 430 g/mol. The van der Waals surface area contributed by atoms with E-state index < -0.39 is 17.7 Å². The Labute approximate surface area is 178 Å². The molecule has 0 radical (unpaired) electrons. The molecule has 31 heavy (non-hydrogen) atoms. The number of amides is 1. The first-order valence-corrected chi connectivity index (χ1v) is 9.99. The van der Waals surface area contributed by atoms with Crippen molar-refractivity contribution >= 4 is 11.6 Å². The van der Waals surface area contributed by atoms with Crippen LogP contribution in [-0.2, 0) is 17.9 Å². The number of likely N-dealkylation sites (N-methyl/N-ethyl adjacent to an activating group) is 1. The van der Waals surface area contributed by atoms with Gasteiger partial charge in [0, 0.05) is 26.3 Å². The summed E-state index contributed by atoms with van der Waals surface area (Å²) >= 11 is 0. The fourth-order valence-corrected chi connectivity index (χ4v) is 3.47. The highest BCUT2D eigenvalue weighted by Crippen LogP contribution is 2.32. The molecule has 4 rings (SSSR count). The number of hydrogen-bond donors (Lipinski definition) is 1. The lowest BCUT2D eigenvalue weighted by Gasteiger charge is -2.19. The van der Waals surface area contributed by atoms with Gasteiger partial charge < -0.3 is 14.2 Å². The largest absolute Gasteiger partial charge is 0.474 e. The molecule has 0 fully saturated rings. The van der Waals surface area contributed by atoms with Gasteiger partial charge in [0.25, 0.3) is 0 Å². The summed E-state index contributed by atoms with van der Waals surface area (Å²) in [5.74, 6) is -1.30. The van der Waals surface area contributed by atoms with Crippen LogP contribution in [0, 0.1) is 11.6 Å². The Kier molecular flexibility index (Phi) is 5.73. The minimum Gasteiger partial charge on any atom is -0.474 e. The van der Waals surface area contributed by atoms with Gasteiger partial charge in [-0.1, -0.05) is 6.07 Å². The molecule has 164 valence electrons. The summed E-state index contributed by atoms with van der Waals surface area (Å²) in [4.78, 5) is 18.7. The zero-order valence-corrected chi connectivity index (χ0v) is 17.5. The zero-order chi connectivity index (χ0) is 22.1. The van der Waals surface area contributed by atoms with Crippen molar-refractivity contribution < 1.29 is 18.3 Å². The molecule has 0 saturated heterocycles. The van der Waals surface area contributed by atoms with Gasteiger partial charge in [-0.15, -0.1) is 0 Å². The molecule has 1 atom stereocenters. The number of hydrogen-bond acceptors (Lipinski definition) is 5. The molecule has 3 aromatic rings. The van der Waals surface area contributed by atoms with Crippen LogP contribution in [0.4, 0.5) is 14.5 Å². The van der Waals surface area contributed by atoms with Crippen LogP contribution in [0.25, 0.3) is 0 Å². The Morgan fingerprint density at radius 1 is 1.29 bits per heavy atom. The standard InChI is InChI=1S/C21H24F2N6O2/c1-13(2)29-21-19(8-26-29)27(3)20(30)18(11-31-21)24-7-15-10-28(12-25-15)9-14-4-5-16(22)17(23)6-14/h4-6,8,10,12-13,18,24H,7,9,11H2,1-3H3/t18-/m0/s1. The summed E-state index contributed by atoms with van der Waals surface area (Å²) < 4.78 is 35.9. The molecular weight excluding hydrogens is 406 g/mol. The van der Waals surface area contributed by atoms with Crippen molar-refractivity contribution in [2.75, 3.05) is 18.6 Å². The van der Waals surface area contributed by atoms with E-state index in [9.17, 15) is 13.6 Å². The number of carbonyl (C=O) groups is 1. The number of aromatic nitrogens is 4. The van der Waals surface area contributed by atoms with Gasteiger partial charge in [0.15, 0.2) is 11.6 Å². The maximum atomic E-state index is 13.4. The molecule has 1 aliphatic rings. The molecular formula is C21H24F2N6O2. The molecule has 0 spiro atoms. The summed E-state index contributed by atoms with van der Waals surface area (Å²) in [7, 11) is 1.70. The molecule has 0 unspecified atom stereocenters. The van der Waals surface area contributed by atoms with Crippen LogP contribution in [0.5, 0.6) is 5.88 Å². The highest BCUT2D eigenvalue weighted by molar-refractivity contribution is 5.98. The van der Waals surface area contributed by atoms with Crippen molar-refractivity contribution in [2.45, 2.75) is 39.0 Å². The van der Waals surface area contributed by atoms with Crippen LogP contribution < -0.4 is 15.0 Å². The van der Waals surface area contributed by atoms with E-state index in [1.54, 1.807) is 39.9 Å². The van der Waals surface area contributed by atoms with E-state index in [0.29, 0.717) is 35.9 Å². The molecule has 1 aromatic carbocycles. The van der Waals surface area contributed by atoms with Crippen molar-refractivity contribution in [3.05, 3.63) is 59.8 Å². The number of anilines is 1. The number of rotatable bonds is 6. The fraction of sp³-hybridized carbons (Fsp3) is 0.381. The third-order valence-corrected chi connectivity index (χ3v) is 5.16. The predicted molar refractivity (Wildman–Crippen MR) is 110 cm³/mol. The minimum atomic E-state index is -0.878. The molecule has 0 aliphatic carbocycles. The minimum absolute atomic E-state index is 0.107. The highest BCUT2D eigenvalue weighted by atomic mass is 19.2. The van der Waals surface area contributed by atoms with Crippen molar-refractivity contribution in [3.63, 3.8) is 0 Å². The van der Waals surface area contributed by atoms with Crippen molar-refractivity contribution in [3.8, 4) is 5.88 Å². The smallest absolute Gasteiger partial charge is 0.247 e. The third-order valence-electron chi connectivity index (χ3n) is 5.16. The average Bonchev–Trinajstić information content (AvgIpc) is 3.34. The van der Waals surface area contributed by atoms with Gasteiger partial charge in [-0.2, -0.15) is 5.10 Å². The number of nitrogens with zero attached hydrogens (tertiary/aromatic N) is 5. The Hall–Kier alpha value is -3.27. The molecule has 0 saturated carbocycles. The average molecular weight is 430 g/mol. The van der Waals surface area contributed by atoms with Gasteiger partial charge in [0.2, 0.25) is 11.8 Å². The van der Waals surface area contributed by atoms with E-state index in [2.05, 4.69) is 15.4 Å². The van der Waals surface area contributed by atoms with Gasteiger partial charge in [-0.25, -0.2) is 18.4 Å². The van der Waals surface area contributed by atoms with Crippen LogP contribution in [0.3, 0.4) is 0 Å². The molecule has 0 bridgehead atoms. The van der Waals surface area contributed by atoms with Crippen LogP contribution in [0.15, 0.2) is 36.9 Å². The molecule has 8 nitrogen and oxygen atoms in total. The second kappa shape index (κ2) is 8.46. The first-order chi connectivity index (χ1) is 14.8. The maximum absolute atomic E-state index is 13.4. The van der Waals surface area contributed by atoms with E-state index in [1.165, 1.54) is 12.1 Å². The quantitative estimate of drug-likeness (QED) is 0.650. The number of ether oxygens (including phenoxy) is 1.